The van der Waals surface area contributed by atoms with Crippen molar-refractivity contribution in [2.75, 3.05) is 26.3 Å². The summed E-state index contributed by atoms with van der Waals surface area (Å²) in [5.41, 5.74) is 0. The van der Waals surface area contributed by atoms with E-state index < -0.39 is 0 Å². The van der Waals surface area contributed by atoms with Crippen molar-refractivity contribution >= 4 is 5.78 Å². The number of rotatable bonds is 4. The number of hydrogen-bond acceptors (Lipinski definition) is 4. The molecule has 2 N–H and O–H groups in total. The smallest absolute Gasteiger partial charge is 0.151 e. The van der Waals surface area contributed by atoms with E-state index in [0.29, 0.717) is 18.2 Å². The number of ether oxygens (including phenoxy) is 1. The van der Waals surface area contributed by atoms with Crippen LogP contribution in [0.15, 0.2) is 0 Å². The quantitative estimate of drug-likeness (QED) is 0.606. The number of ketones is 1. The monoisotopic (exact) mass is 184 g/mol. The van der Waals surface area contributed by atoms with Gasteiger partial charge in [0.05, 0.1) is 25.3 Å². The Morgan fingerprint density at radius 2 is 2.38 bits per heavy atom. The van der Waals surface area contributed by atoms with E-state index in [1.54, 1.807) is 0 Å². The first kappa shape index (κ1) is 9.12. The number of carbonyl (C=O) groups excluding carboxylic acids is 1. The highest BCUT2D eigenvalue weighted by molar-refractivity contribution is 5.86. The summed E-state index contributed by atoms with van der Waals surface area (Å²) < 4.78 is 5.03. The van der Waals surface area contributed by atoms with Crippen molar-refractivity contribution in [2.45, 2.75) is 24.9 Å². The van der Waals surface area contributed by atoms with Gasteiger partial charge in [-0.15, -0.1) is 0 Å². The van der Waals surface area contributed by atoms with E-state index in [1.807, 2.05) is 0 Å². The highest BCUT2D eigenvalue weighted by Crippen LogP contribution is 2.05. The molecule has 2 saturated heterocycles. The van der Waals surface area contributed by atoms with E-state index >= 15 is 0 Å². The molecule has 0 amide bonds. The van der Waals surface area contributed by atoms with Crippen molar-refractivity contribution in [1.82, 2.24) is 10.6 Å². The van der Waals surface area contributed by atoms with Crippen molar-refractivity contribution in [1.29, 1.82) is 0 Å². The molecular weight excluding hydrogens is 168 g/mol. The molecule has 0 radical (unpaired) electrons. The average molecular weight is 184 g/mol. The van der Waals surface area contributed by atoms with Crippen molar-refractivity contribution < 1.29 is 9.53 Å². The topological polar surface area (TPSA) is 50.4 Å². The lowest BCUT2D eigenvalue weighted by atomic mass is 10.1. The molecule has 4 nitrogen and oxygen atoms in total. The molecule has 0 aliphatic carbocycles. The molecule has 74 valence electrons. The molecule has 0 aromatic carbocycles. The van der Waals surface area contributed by atoms with Crippen LogP contribution < -0.4 is 10.6 Å². The van der Waals surface area contributed by atoms with Crippen LogP contribution in [-0.4, -0.2) is 44.2 Å². The van der Waals surface area contributed by atoms with Crippen LogP contribution in [0.25, 0.3) is 0 Å². The van der Waals surface area contributed by atoms with E-state index in [1.165, 1.54) is 0 Å². The normalized spacial score (nSPS) is 29.2. The van der Waals surface area contributed by atoms with Crippen LogP contribution in [0.4, 0.5) is 0 Å². The molecule has 0 saturated carbocycles. The molecule has 0 bridgehead atoms. The minimum absolute atomic E-state index is 0.105. The maximum atomic E-state index is 11.2. The molecule has 2 aliphatic rings. The van der Waals surface area contributed by atoms with Gasteiger partial charge in [-0.2, -0.15) is 0 Å². The Morgan fingerprint density at radius 1 is 1.54 bits per heavy atom. The summed E-state index contributed by atoms with van der Waals surface area (Å²) in [7, 11) is 0. The summed E-state index contributed by atoms with van der Waals surface area (Å²) in [5, 5.41) is 6.54. The summed E-state index contributed by atoms with van der Waals surface area (Å²) >= 11 is 0. The van der Waals surface area contributed by atoms with Crippen molar-refractivity contribution in [3.63, 3.8) is 0 Å². The van der Waals surface area contributed by atoms with Crippen LogP contribution in [-0.2, 0) is 9.53 Å². The lowest BCUT2D eigenvalue weighted by Crippen LogP contribution is -2.47. The van der Waals surface area contributed by atoms with Crippen molar-refractivity contribution in [3.8, 4) is 0 Å². The molecule has 2 heterocycles. The van der Waals surface area contributed by atoms with Gasteiger partial charge < -0.3 is 15.4 Å². The molecule has 2 rings (SSSR count). The number of hydrogen-bond donors (Lipinski definition) is 2. The van der Waals surface area contributed by atoms with Gasteiger partial charge in [0, 0.05) is 13.0 Å². The largest absolute Gasteiger partial charge is 0.378 e. The summed E-state index contributed by atoms with van der Waals surface area (Å²) in [5.74, 6) is 0.367. The maximum Gasteiger partial charge on any atom is 0.151 e. The lowest BCUT2D eigenvalue weighted by Gasteiger charge is -2.27. The molecule has 0 aromatic heterocycles. The third kappa shape index (κ3) is 2.27. The number of nitrogens with one attached hydrogen (secondary N) is 2. The molecule has 2 aliphatic heterocycles. The average Bonchev–Trinajstić information content (AvgIpc) is 2.42. The fourth-order valence-electron chi connectivity index (χ4n) is 1.71. The van der Waals surface area contributed by atoms with Crippen LogP contribution in [0.2, 0.25) is 0 Å². The molecule has 2 fully saturated rings. The molecule has 1 atom stereocenters. The van der Waals surface area contributed by atoms with Crippen LogP contribution in [0.1, 0.15) is 12.8 Å². The maximum absolute atomic E-state index is 11.2. The lowest BCUT2D eigenvalue weighted by molar-refractivity contribution is -0.118. The fraction of sp³-hybridized carbons (Fsp3) is 0.889. The zero-order valence-electron chi connectivity index (χ0n) is 7.71. The summed E-state index contributed by atoms with van der Waals surface area (Å²) in [6, 6.07) is 0.630. The summed E-state index contributed by atoms with van der Waals surface area (Å²) in [6.07, 6.45) is 1.62. The van der Waals surface area contributed by atoms with Gasteiger partial charge in [0.1, 0.15) is 0 Å². The Kier molecular flexibility index (Phi) is 2.93. The van der Waals surface area contributed by atoms with E-state index in [4.69, 9.17) is 4.74 Å². The van der Waals surface area contributed by atoms with Gasteiger partial charge in [0.25, 0.3) is 0 Å². The van der Waals surface area contributed by atoms with Gasteiger partial charge in [-0.3, -0.25) is 4.79 Å². The second-order valence-corrected chi connectivity index (χ2v) is 3.70. The Bertz CT molecular complexity index is 192. The van der Waals surface area contributed by atoms with Crippen LogP contribution >= 0.6 is 0 Å². The van der Waals surface area contributed by atoms with E-state index in [-0.39, 0.29) is 6.04 Å². The molecule has 4 heteroatoms. The van der Waals surface area contributed by atoms with Crippen molar-refractivity contribution in [2.24, 2.45) is 0 Å². The SMILES string of the molecule is O=C1CCNC1CCNC1COC1. The van der Waals surface area contributed by atoms with E-state index in [0.717, 1.165) is 32.7 Å². The molecular formula is C9H16N2O2. The van der Waals surface area contributed by atoms with Gasteiger partial charge in [-0.1, -0.05) is 0 Å². The standard InChI is InChI=1S/C9H16N2O2/c12-9-2-4-11-8(9)1-3-10-7-5-13-6-7/h7-8,10-11H,1-6H2. The van der Waals surface area contributed by atoms with Gasteiger partial charge >= 0.3 is 0 Å². The first-order valence-electron chi connectivity index (χ1n) is 4.93. The van der Waals surface area contributed by atoms with E-state index in [9.17, 15) is 4.79 Å². The minimum atomic E-state index is 0.105. The predicted molar refractivity (Wildman–Crippen MR) is 48.6 cm³/mol. The summed E-state index contributed by atoms with van der Waals surface area (Å²) in [6.45, 7) is 3.42. The molecule has 0 spiro atoms. The second kappa shape index (κ2) is 4.17. The zero-order valence-corrected chi connectivity index (χ0v) is 7.71. The number of carbonyl (C=O) groups is 1. The fourth-order valence-corrected chi connectivity index (χ4v) is 1.71. The van der Waals surface area contributed by atoms with Crippen LogP contribution in [0.5, 0.6) is 0 Å². The first-order chi connectivity index (χ1) is 6.36. The van der Waals surface area contributed by atoms with Crippen molar-refractivity contribution in [3.05, 3.63) is 0 Å². The van der Waals surface area contributed by atoms with Crippen LogP contribution in [0, 0.1) is 0 Å². The van der Waals surface area contributed by atoms with E-state index in [2.05, 4.69) is 10.6 Å². The number of Topliss-reactive ketones (excluding diaryl/α,β-unsaturated/α-hetero) is 1. The van der Waals surface area contributed by atoms with Gasteiger partial charge in [-0.25, -0.2) is 0 Å². The van der Waals surface area contributed by atoms with Gasteiger partial charge in [-0.05, 0) is 13.0 Å². The van der Waals surface area contributed by atoms with Crippen LogP contribution in [0.3, 0.4) is 0 Å². The van der Waals surface area contributed by atoms with Gasteiger partial charge in [0.2, 0.25) is 0 Å². The third-order valence-electron chi connectivity index (χ3n) is 2.65. The minimum Gasteiger partial charge on any atom is -0.378 e. The Balaban J connectivity index is 1.58. The predicted octanol–water partition coefficient (Wildman–Crippen LogP) is -0.704. The highest BCUT2D eigenvalue weighted by atomic mass is 16.5. The Labute approximate surface area is 78.0 Å². The second-order valence-electron chi connectivity index (χ2n) is 3.70. The third-order valence-corrected chi connectivity index (χ3v) is 2.65. The van der Waals surface area contributed by atoms with Gasteiger partial charge in [0.15, 0.2) is 5.78 Å². The Hall–Kier alpha value is -0.450. The first-order valence-corrected chi connectivity index (χ1v) is 4.93. The molecule has 13 heavy (non-hydrogen) atoms. The molecule has 0 aromatic rings. The molecule has 1 unspecified atom stereocenters. The summed E-state index contributed by atoms with van der Waals surface area (Å²) in [4.78, 5) is 11.2. The highest BCUT2D eigenvalue weighted by Gasteiger charge is 2.24. The zero-order chi connectivity index (χ0) is 9.10. The Morgan fingerprint density at radius 3 is 2.92 bits per heavy atom.